The molecule has 1 saturated heterocycles. The number of hydrogen-bond acceptors (Lipinski definition) is 3. The van der Waals surface area contributed by atoms with E-state index in [0.29, 0.717) is 6.54 Å². The number of carbonyl (C=O) groups excluding carboxylic acids is 2. The molecule has 1 heterocycles. The number of amides is 2. The summed E-state index contributed by atoms with van der Waals surface area (Å²) in [7, 11) is 0. The zero-order chi connectivity index (χ0) is 18.6. The Morgan fingerprint density at radius 1 is 1.00 bits per heavy atom. The lowest BCUT2D eigenvalue weighted by molar-refractivity contribution is -0.133. The molecule has 3 aromatic rings. The normalized spacial score (nSPS) is 19.3. The van der Waals surface area contributed by atoms with Crippen molar-refractivity contribution >= 4 is 28.8 Å². The van der Waals surface area contributed by atoms with Gasteiger partial charge in [-0.3, -0.25) is 9.59 Å². The molecule has 2 N–H and O–H groups in total. The van der Waals surface area contributed by atoms with Crippen molar-refractivity contribution in [2.75, 3.05) is 6.54 Å². The van der Waals surface area contributed by atoms with E-state index in [0.717, 1.165) is 21.9 Å². The molecule has 5 nitrogen and oxygen atoms in total. The first-order chi connectivity index (χ1) is 13.2. The first-order valence-corrected chi connectivity index (χ1v) is 8.87. The molecule has 134 valence electrons. The summed E-state index contributed by atoms with van der Waals surface area (Å²) in [5.74, 6) is -1.62. The number of carbonyl (C=O) groups is 2. The number of rotatable bonds is 4. The van der Waals surface area contributed by atoms with E-state index in [4.69, 9.17) is 0 Å². The third-order valence-electron chi connectivity index (χ3n) is 4.85. The Hall–Kier alpha value is -3.47. The molecule has 2 atom stereocenters. The van der Waals surface area contributed by atoms with Gasteiger partial charge in [-0.15, -0.1) is 0 Å². The summed E-state index contributed by atoms with van der Waals surface area (Å²) in [4.78, 5) is 24.7. The molecule has 0 spiro atoms. The Kier molecular flexibility index (Phi) is 4.66. The monoisotopic (exact) mass is 357 g/mol. The first kappa shape index (κ1) is 17.0. The number of hydrogen-bond donors (Lipinski definition) is 2. The molecule has 0 bridgehead atoms. The molecule has 4 rings (SSSR count). The second-order valence-corrected chi connectivity index (χ2v) is 6.58. The van der Waals surface area contributed by atoms with Crippen LogP contribution >= 0.6 is 0 Å². The summed E-state index contributed by atoms with van der Waals surface area (Å²) in [5.41, 5.74) is 4.37. The lowest BCUT2D eigenvalue weighted by Crippen LogP contribution is -2.34. The zero-order valence-electron chi connectivity index (χ0n) is 14.6. The number of nitrogens with one attached hydrogen (secondary N) is 2. The van der Waals surface area contributed by atoms with Crippen LogP contribution in [0.5, 0.6) is 0 Å². The summed E-state index contributed by atoms with van der Waals surface area (Å²) in [6.45, 7) is 0.454. The van der Waals surface area contributed by atoms with Crippen LogP contribution in [0.2, 0.25) is 0 Å². The van der Waals surface area contributed by atoms with Crippen LogP contribution in [0, 0.1) is 5.92 Å². The largest absolute Gasteiger partial charge is 0.355 e. The third-order valence-corrected chi connectivity index (χ3v) is 4.85. The molecule has 0 saturated carbocycles. The molecule has 1 fully saturated rings. The second kappa shape index (κ2) is 7.41. The van der Waals surface area contributed by atoms with Gasteiger partial charge in [0.15, 0.2) is 0 Å². The molecule has 0 radical (unpaired) electrons. The minimum Gasteiger partial charge on any atom is -0.355 e. The Balaban J connectivity index is 1.47. The summed E-state index contributed by atoms with van der Waals surface area (Å²) in [6.07, 6.45) is 1.59. The van der Waals surface area contributed by atoms with E-state index in [1.54, 1.807) is 6.21 Å². The molecular formula is C22H19N3O2. The van der Waals surface area contributed by atoms with Crippen LogP contribution in [0.15, 0.2) is 77.9 Å². The minimum absolute atomic E-state index is 0.186. The van der Waals surface area contributed by atoms with Crippen molar-refractivity contribution in [3.8, 4) is 0 Å². The van der Waals surface area contributed by atoms with Crippen LogP contribution < -0.4 is 10.7 Å². The maximum absolute atomic E-state index is 12.6. The van der Waals surface area contributed by atoms with Crippen LogP contribution in [0.4, 0.5) is 0 Å². The van der Waals surface area contributed by atoms with Gasteiger partial charge in [0.25, 0.3) is 5.91 Å². The van der Waals surface area contributed by atoms with Gasteiger partial charge >= 0.3 is 0 Å². The molecule has 1 aliphatic rings. The Bertz CT molecular complexity index is 1010. The smallest absolute Gasteiger partial charge is 0.253 e. The highest BCUT2D eigenvalue weighted by molar-refractivity contribution is 6.03. The predicted octanol–water partition coefficient (Wildman–Crippen LogP) is 2.82. The van der Waals surface area contributed by atoms with Crippen LogP contribution in [0.25, 0.3) is 10.8 Å². The number of hydrazone groups is 1. The van der Waals surface area contributed by atoms with Gasteiger partial charge in [-0.25, -0.2) is 5.43 Å². The van der Waals surface area contributed by atoms with Crippen LogP contribution in [0.1, 0.15) is 17.0 Å². The maximum Gasteiger partial charge on any atom is 0.253 e. The van der Waals surface area contributed by atoms with Gasteiger partial charge in [-0.05, 0) is 28.0 Å². The van der Waals surface area contributed by atoms with Crippen molar-refractivity contribution in [3.63, 3.8) is 0 Å². The van der Waals surface area contributed by atoms with Gasteiger partial charge in [0, 0.05) is 12.5 Å². The van der Waals surface area contributed by atoms with Gasteiger partial charge in [0.05, 0.1) is 6.21 Å². The average Bonchev–Trinajstić information content (AvgIpc) is 3.10. The van der Waals surface area contributed by atoms with Gasteiger partial charge in [0.2, 0.25) is 5.91 Å². The Morgan fingerprint density at radius 3 is 2.56 bits per heavy atom. The van der Waals surface area contributed by atoms with E-state index in [2.05, 4.69) is 15.8 Å². The number of nitrogens with zero attached hydrogens (tertiary/aromatic N) is 1. The van der Waals surface area contributed by atoms with E-state index in [1.165, 1.54) is 0 Å². The number of fused-ring (bicyclic) bond motifs is 1. The highest BCUT2D eigenvalue weighted by Crippen LogP contribution is 2.29. The number of benzene rings is 3. The van der Waals surface area contributed by atoms with E-state index in [1.807, 2.05) is 72.8 Å². The van der Waals surface area contributed by atoms with Crippen molar-refractivity contribution < 1.29 is 9.59 Å². The first-order valence-electron chi connectivity index (χ1n) is 8.87. The molecule has 0 unspecified atom stereocenters. The van der Waals surface area contributed by atoms with Crippen molar-refractivity contribution in [1.82, 2.24) is 10.7 Å². The second-order valence-electron chi connectivity index (χ2n) is 6.58. The molecule has 27 heavy (non-hydrogen) atoms. The van der Waals surface area contributed by atoms with E-state index in [9.17, 15) is 9.59 Å². The van der Waals surface area contributed by atoms with Gasteiger partial charge < -0.3 is 5.32 Å². The standard InChI is InChI=1S/C22H19N3O2/c26-21-20(19(14-23-21)17-7-2-1-3-8-17)22(27)25-24-13-15-10-11-16-6-4-5-9-18(16)12-15/h1-13,19-20H,14H2,(H,23,26)(H,25,27)/t19-,20-/m0/s1. The SMILES string of the molecule is O=C1NC[C@@H](c2ccccc2)[C@@H]1C(=O)NN=Cc1ccc2ccccc2c1. The van der Waals surface area contributed by atoms with Crippen molar-refractivity contribution in [2.45, 2.75) is 5.92 Å². The summed E-state index contributed by atoms with van der Waals surface area (Å²) in [5, 5.41) is 9.08. The summed E-state index contributed by atoms with van der Waals surface area (Å²) in [6, 6.07) is 23.6. The van der Waals surface area contributed by atoms with Crippen LogP contribution in [-0.4, -0.2) is 24.6 Å². The molecule has 0 aromatic heterocycles. The quantitative estimate of drug-likeness (QED) is 0.428. The Morgan fingerprint density at radius 2 is 1.74 bits per heavy atom. The van der Waals surface area contributed by atoms with Crippen molar-refractivity contribution in [1.29, 1.82) is 0 Å². The molecular weight excluding hydrogens is 338 g/mol. The van der Waals surface area contributed by atoms with E-state index in [-0.39, 0.29) is 11.8 Å². The highest BCUT2D eigenvalue weighted by Gasteiger charge is 2.40. The molecule has 2 amide bonds. The zero-order valence-corrected chi connectivity index (χ0v) is 14.6. The molecule has 1 aliphatic heterocycles. The van der Waals surface area contributed by atoms with Crippen molar-refractivity contribution in [3.05, 3.63) is 83.9 Å². The predicted molar refractivity (Wildman–Crippen MR) is 105 cm³/mol. The van der Waals surface area contributed by atoms with E-state index >= 15 is 0 Å². The van der Waals surface area contributed by atoms with Crippen LogP contribution in [0.3, 0.4) is 0 Å². The lowest BCUT2D eigenvalue weighted by atomic mass is 9.88. The molecule has 0 aliphatic carbocycles. The fraction of sp³-hybridized carbons (Fsp3) is 0.136. The van der Waals surface area contributed by atoms with Gasteiger partial charge in [-0.1, -0.05) is 66.7 Å². The fourth-order valence-electron chi connectivity index (χ4n) is 3.46. The topological polar surface area (TPSA) is 70.6 Å². The molecule has 5 heteroatoms. The van der Waals surface area contributed by atoms with Crippen molar-refractivity contribution in [2.24, 2.45) is 11.0 Å². The molecule has 3 aromatic carbocycles. The van der Waals surface area contributed by atoms with Gasteiger partial charge in [0.1, 0.15) is 5.92 Å². The van der Waals surface area contributed by atoms with Gasteiger partial charge in [-0.2, -0.15) is 5.10 Å². The third kappa shape index (κ3) is 3.58. The maximum atomic E-state index is 12.6. The van der Waals surface area contributed by atoms with E-state index < -0.39 is 11.8 Å². The van der Waals surface area contributed by atoms with Crippen LogP contribution in [-0.2, 0) is 9.59 Å². The average molecular weight is 357 g/mol. The summed E-state index contributed by atoms with van der Waals surface area (Å²) < 4.78 is 0. The Labute approximate surface area is 157 Å². The lowest BCUT2D eigenvalue weighted by Gasteiger charge is -2.15. The summed E-state index contributed by atoms with van der Waals surface area (Å²) >= 11 is 0. The fourth-order valence-corrected chi connectivity index (χ4v) is 3.46. The highest BCUT2D eigenvalue weighted by atomic mass is 16.2. The minimum atomic E-state index is -0.777.